The number of methoxy groups -OCH3 is 1. The van der Waals surface area contributed by atoms with Crippen molar-refractivity contribution < 1.29 is 4.74 Å². The molecule has 0 spiro atoms. The first-order chi connectivity index (χ1) is 10.5. The average Bonchev–Trinajstić information content (AvgIpc) is 2.82. The molecule has 4 rings (SSSR count). The van der Waals surface area contributed by atoms with Gasteiger partial charge in [0, 0.05) is 6.42 Å². The van der Waals surface area contributed by atoms with Crippen LogP contribution in [0.5, 0.6) is 0 Å². The highest BCUT2D eigenvalue weighted by atomic mass is 16.5. The van der Waals surface area contributed by atoms with Crippen LogP contribution in [-0.2, 0) is 4.74 Å². The smallest absolute Gasteiger partial charge is 0.0958 e. The van der Waals surface area contributed by atoms with E-state index in [1.165, 1.54) is 44.3 Å². The fraction of sp³-hybridized carbons (Fsp3) is 0.714. The molecule has 1 heteroatoms. The highest BCUT2D eigenvalue weighted by Crippen LogP contribution is 2.65. The molecule has 0 aromatic rings. The Kier molecular flexibility index (Phi) is 3.16. The van der Waals surface area contributed by atoms with Crippen molar-refractivity contribution in [2.45, 2.75) is 58.8 Å². The summed E-state index contributed by atoms with van der Waals surface area (Å²) >= 11 is 0. The first-order valence-corrected chi connectivity index (χ1v) is 9.12. The van der Waals surface area contributed by atoms with Crippen molar-refractivity contribution in [1.29, 1.82) is 0 Å². The van der Waals surface area contributed by atoms with E-state index < -0.39 is 0 Å². The number of ether oxygens (including phenoxy) is 1. The Morgan fingerprint density at radius 3 is 2.64 bits per heavy atom. The topological polar surface area (TPSA) is 9.23 Å². The first-order valence-electron chi connectivity index (χ1n) is 9.12. The molecule has 0 aromatic carbocycles. The molecule has 1 nitrogen and oxygen atoms in total. The van der Waals surface area contributed by atoms with E-state index in [1.54, 1.807) is 11.1 Å². The molecular weight excluding hydrogens is 268 g/mol. The summed E-state index contributed by atoms with van der Waals surface area (Å²) < 4.78 is 5.53. The average molecular weight is 298 g/mol. The Labute approximate surface area is 135 Å². The monoisotopic (exact) mass is 298 g/mol. The molecule has 0 radical (unpaired) electrons. The zero-order valence-electron chi connectivity index (χ0n) is 14.5. The number of hydrogen-bond acceptors (Lipinski definition) is 1. The standard InChI is InChI=1S/C21H30O/c1-14-5-8-18-17-7-6-15-13-16(22-4)9-11-21(15,3)19(17)10-12-20(14,18)2/h6,13,17-19H,1,5,7-12H2,2-4H3/t17?,18?,19?,20-,21+/m1/s1. The van der Waals surface area contributed by atoms with E-state index in [1.807, 2.05) is 7.11 Å². The quantitative estimate of drug-likeness (QED) is 0.569. The van der Waals surface area contributed by atoms with Gasteiger partial charge in [0.2, 0.25) is 0 Å². The minimum atomic E-state index is 0.385. The summed E-state index contributed by atoms with van der Waals surface area (Å²) in [6, 6.07) is 0. The van der Waals surface area contributed by atoms with Crippen LogP contribution < -0.4 is 0 Å². The Hall–Kier alpha value is -0.980. The molecule has 2 fully saturated rings. The van der Waals surface area contributed by atoms with Crippen molar-refractivity contribution in [3.05, 3.63) is 35.6 Å². The van der Waals surface area contributed by atoms with Crippen molar-refractivity contribution in [3.63, 3.8) is 0 Å². The Balaban J connectivity index is 1.71. The highest BCUT2D eigenvalue weighted by molar-refractivity contribution is 5.36. The molecule has 0 saturated heterocycles. The summed E-state index contributed by atoms with van der Waals surface area (Å²) in [7, 11) is 1.82. The summed E-state index contributed by atoms with van der Waals surface area (Å²) in [6.07, 6.45) is 14.0. The van der Waals surface area contributed by atoms with E-state index in [0.717, 1.165) is 24.2 Å². The molecule has 0 amide bonds. The summed E-state index contributed by atoms with van der Waals surface area (Å²) in [6.45, 7) is 9.47. The van der Waals surface area contributed by atoms with E-state index in [0.29, 0.717) is 10.8 Å². The van der Waals surface area contributed by atoms with Gasteiger partial charge in [-0.05, 0) is 78.8 Å². The molecule has 22 heavy (non-hydrogen) atoms. The number of hydrogen-bond donors (Lipinski definition) is 0. The van der Waals surface area contributed by atoms with E-state index >= 15 is 0 Å². The first kappa shape index (κ1) is 14.6. The van der Waals surface area contributed by atoms with Gasteiger partial charge in [-0.2, -0.15) is 0 Å². The Morgan fingerprint density at radius 1 is 1.09 bits per heavy atom. The van der Waals surface area contributed by atoms with Gasteiger partial charge >= 0.3 is 0 Å². The van der Waals surface area contributed by atoms with Gasteiger partial charge in [-0.1, -0.05) is 32.1 Å². The molecule has 0 bridgehead atoms. The molecule has 120 valence electrons. The van der Waals surface area contributed by atoms with Crippen molar-refractivity contribution in [2.75, 3.05) is 7.11 Å². The summed E-state index contributed by atoms with van der Waals surface area (Å²) in [4.78, 5) is 0. The van der Waals surface area contributed by atoms with Crippen LogP contribution in [-0.4, -0.2) is 7.11 Å². The number of fused-ring (bicyclic) bond motifs is 5. The number of rotatable bonds is 1. The van der Waals surface area contributed by atoms with Crippen LogP contribution >= 0.6 is 0 Å². The lowest BCUT2D eigenvalue weighted by Crippen LogP contribution is -2.48. The van der Waals surface area contributed by atoms with Gasteiger partial charge in [0.25, 0.3) is 0 Å². The molecule has 3 unspecified atom stereocenters. The molecule has 5 atom stereocenters. The molecule has 0 N–H and O–H groups in total. The molecule has 4 aliphatic carbocycles. The van der Waals surface area contributed by atoms with Crippen LogP contribution in [0.2, 0.25) is 0 Å². The minimum Gasteiger partial charge on any atom is -0.501 e. The molecule has 4 aliphatic rings. The number of allylic oxidation sites excluding steroid dienone is 5. The lowest BCUT2D eigenvalue weighted by molar-refractivity contribution is -0.00817. The zero-order chi connectivity index (χ0) is 15.5. The van der Waals surface area contributed by atoms with Gasteiger partial charge in [0.05, 0.1) is 12.9 Å². The second kappa shape index (κ2) is 4.76. The van der Waals surface area contributed by atoms with Crippen molar-refractivity contribution in [2.24, 2.45) is 28.6 Å². The van der Waals surface area contributed by atoms with E-state index in [4.69, 9.17) is 4.74 Å². The van der Waals surface area contributed by atoms with Crippen LogP contribution in [0.1, 0.15) is 58.8 Å². The molecule has 0 aliphatic heterocycles. The fourth-order valence-electron chi connectivity index (χ4n) is 6.37. The third kappa shape index (κ3) is 1.77. The van der Waals surface area contributed by atoms with Crippen LogP contribution in [0.25, 0.3) is 0 Å². The van der Waals surface area contributed by atoms with Crippen molar-refractivity contribution in [3.8, 4) is 0 Å². The van der Waals surface area contributed by atoms with Crippen LogP contribution in [0.4, 0.5) is 0 Å². The van der Waals surface area contributed by atoms with E-state index in [9.17, 15) is 0 Å². The maximum absolute atomic E-state index is 5.53. The normalized spacial score (nSPS) is 47.0. The maximum Gasteiger partial charge on any atom is 0.0958 e. The van der Waals surface area contributed by atoms with Gasteiger partial charge < -0.3 is 4.74 Å². The highest BCUT2D eigenvalue weighted by Gasteiger charge is 2.56. The van der Waals surface area contributed by atoms with Gasteiger partial charge in [0.1, 0.15) is 0 Å². The second-order valence-electron chi connectivity index (χ2n) is 8.60. The van der Waals surface area contributed by atoms with Gasteiger partial charge in [0.15, 0.2) is 0 Å². The molecular formula is C21H30O. The maximum atomic E-state index is 5.53. The fourth-order valence-corrected chi connectivity index (χ4v) is 6.37. The Bertz CT molecular complexity index is 568. The van der Waals surface area contributed by atoms with E-state index in [-0.39, 0.29) is 0 Å². The summed E-state index contributed by atoms with van der Waals surface area (Å²) in [5.74, 6) is 3.80. The van der Waals surface area contributed by atoms with Gasteiger partial charge in [-0.25, -0.2) is 0 Å². The third-order valence-electron chi connectivity index (χ3n) is 7.95. The van der Waals surface area contributed by atoms with Crippen LogP contribution in [0.3, 0.4) is 0 Å². The van der Waals surface area contributed by atoms with E-state index in [2.05, 4.69) is 32.6 Å². The predicted octanol–water partition coefficient (Wildman–Crippen LogP) is 5.65. The Morgan fingerprint density at radius 2 is 1.86 bits per heavy atom. The molecule has 0 heterocycles. The molecule has 2 saturated carbocycles. The SMILES string of the molecule is C=C1CCC2C3CC=C4C=C(OC)CC[C@]4(C)C3CC[C@]12C. The predicted molar refractivity (Wildman–Crippen MR) is 91.3 cm³/mol. The zero-order valence-corrected chi connectivity index (χ0v) is 14.5. The van der Waals surface area contributed by atoms with Gasteiger partial charge in [-0.3, -0.25) is 0 Å². The van der Waals surface area contributed by atoms with Crippen molar-refractivity contribution >= 4 is 0 Å². The third-order valence-corrected chi connectivity index (χ3v) is 7.95. The molecule has 0 aromatic heterocycles. The van der Waals surface area contributed by atoms with Gasteiger partial charge in [-0.15, -0.1) is 0 Å². The lowest BCUT2D eigenvalue weighted by atomic mass is 9.48. The lowest BCUT2D eigenvalue weighted by Gasteiger charge is -2.56. The minimum absolute atomic E-state index is 0.385. The second-order valence-corrected chi connectivity index (χ2v) is 8.60. The van der Waals surface area contributed by atoms with Crippen LogP contribution in [0.15, 0.2) is 35.6 Å². The van der Waals surface area contributed by atoms with Crippen LogP contribution in [0, 0.1) is 28.6 Å². The summed E-state index contributed by atoms with van der Waals surface area (Å²) in [5, 5.41) is 0. The summed E-state index contributed by atoms with van der Waals surface area (Å²) in [5.41, 5.74) is 3.93. The van der Waals surface area contributed by atoms with Crippen molar-refractivity contribution in [1.82, 2.24) is 0 Å². The largest absolute Gasteiger partial charge is 0.501 e.